The Bertz CT molecular complexity index is 496. The monoisotopic (exact) mass is 248 g/mol. The van der Waals surface area contributed by atoms with Crippen molar-refractivity contribution in [3.63, 3.8) is 0 Å². The van der Waals surface area contributed by atoms with Gasteiger partial charge in [-0.2, -0.15) is 0 Å². The number of rotatable bonds is 4. The third kappa shape index (κ3) is 3.35. The minimum absolute atomic E-state index is 0.0637. The second-order valence-corrected chi connectivity index (χ2v) is 4.02. The molecule has 1 aromatic carbocycles. The molecule has 96 valence electrons. The average Bonchev–Trinajstić information content (AvgIpc) is 2.31. The van der Waals surface area contributed by atoms with Crippen molar-refractivity contribution in [1.29, 1.82) is 0 Å². The first kappa shape index (κ1) is 13.8. The molecule has 0 bridgehead atoms. The molecule has 5 heteroatoms. The molecule has 0 spiro atoms. The van der Waals surface area contributed by atoms with Gasteiger partial charge in [-0.15, -0.1) is 0 Å². The highest BCUT2D eigenvalue weighted by Crippen LogP contribution is 2.17. The van der Waals surface area contributed by atoms with Crippen molar-refractivity contribution < 1.29 is 15.1 Å². The number of carboxylic acids is 1. The molecule has 1 rings (SSSR count). The molecule has 18 heavy (non-hydrogen) atoms. The number of oxime groups is 1. The first-order valence-corrected chi connectivity index (χ1v) is 5.43. The van der Waals surface area contributed by atoms with Crippen molar-refractivity contribution in [1.82, 2.24) is 0 Å². The highest BCUT2D eigenvalue weighted by atomic mass is 16.4. The zero-order chi connectivity index (χ0) is 13.7. The van der Waals surface area contributed by atoms with E-state index in [0.717, 1.165) is 22.8 Å². The van der Waals surface area contributed by atoms with Crippen LogP contribution in [-0.4, -0.2) is 22.1 Å². The Morgan fingerprint density at radius 1 is 1.39 bits per heavy atom. The molecular weight excluding hydrogens is 232 g/mol. The minimum atomic E-state index is -0.960. The van der Waals surface area contributed by atoms with E-state index in [1.165, 1.54) is 0 Å². The van der Waals surface area contributed by atoms with Gasteiger partial charge in [0.05, 0.1) is 0 Å². The lowest BCUT2D eigenvalue weighted by Gasteiger charge is -2.10. The maximum Gasteiger partial charge on any atom is 0.327 e. The molecule has 0 aliphatic heterocycles. The van der Waals surface area contributed by atoms with E-state index in [1.54, 1.807) is 6.08 Å². The third-order valence-electron chi connectivity index (χ3n) is 2.68. The van der Waals surface area contributed by atoms with Gasteiger partial charge < -0.3 is 16.0 Å². The summed E-state index contributed by atoms with van der Waals surface area (Å²) in [5, 5.41) is 20.1. The van der Waals surface area contributed by atoms with E-state index >= 15 is 0 Å². The zero-order valence-electron chi connectivity index (χ0n) is 10.3. The maximum absolute atomic E-state index is 10.4. The highest BCUT2D eigenvalue weighted by Gasteiger charge is 2.06. The summed E-state index contributed by atoms with van der Waals surface area (Å²) < 4.78 is 0. The van der Waals surface area contributed by atoms with Gasteiger partial charge >= 0.3 is 5.97 Å². The van der Waals surface area contributed by atoms with E-state index < -0.39 is 5.97 Å². The van der Waals surface area contributed by atoms with Crippen LogP contribution in [0.15, 0.2) is 29.4 Å². The van der Waals surface area contributed by atoms with Crippen LogP contribution in [0.5, 0.6) is 0 Å². The van der Waals surface area contributed by atoms with E-state index in [0.29, 0.717) is 12.0 Å². The fourth-order valence-electron chi connectivity index (χ4n) is 1.80. The molecule has 0 heterocycles. The standard InChI is InChI=1S/C13H16N2O3/c1-8-6-10(13(14)15-18)7-9(2)11(8)4-3-5-12(16)17/h3,5-7,18H,4H2,1-2H3,(H2,14,15)(H,16,17)/b5-3+. The van der Waals surface area contributed by atoms with Crippen LogP contribution < -0.4 is 5.73 Å². The number of aryl methyl sites for hydroxylation is 2. The van der Waals surface area contributed by atoms with E-state index in [2.05, 4.69) is 5.16 Å². The van der Waals surface area contributed by atoms with Crippen LogP contribution in [0.1, 0.15) is 22.3 Å². The molecule has 0 saturated heterocycles. The Balaban J connectivity index is 3.05. The Hall–Kier alpha value is -2.30. The predicted octanol–water partition coefficient (Wildman–Crippen LogP) is 1.58. The van der Waals surface area contributed by atoms with Crippen molar-refractivity contribution >= 4 is 11.8 Å². The van der Waals surface area contributed by atoms with Gasteiger partial charge in [0.25, 0.3) is 0 Å². The van der Waals surface area contributed by atoms with E-state index in [4.69, 9.17) is 16.0 Å². The van der Waals surface area contributed by atoms with Gasteiger partial charge in [0, 0.05) is 11.6 Å². The largest absolute Gasteiger partial charge is 0.478 e. The number of aliphatic carboxylic acids is 1. The molecule has 0 atom stereocenters. The van der Waals surface area contributed by atoms with Crippen LogP contribution in [0.3, 0.4) is 0 Å². The SMILES string of the molecule is Cc1cc(/C(N)=N/O)cc(C)c1C/C=C/C(=O)O. The lowest BCUT2D eigenvalue weighted by atomic mass is 9.96. The Kier molecular flexibility index (Phi) is 4.48. The van der Waals surface area contributed by atoms with Gasteiger partial charge in [0.1, 0.15) is 0 Å². The van der Waals surface area contributed by atoms with Gasteiger partial charge in [-0.3, -0.25) is 0 Å². The Morgan fingerprint density at radius 2 is 1.94 bits per heavy atom. The second kappa shape index (κ2) is 5.86. The first-order chi connectivity index (χ1) is 8.45. The fourth-order valence-corrected chi connectivity index (χ4v) is 1.80. The van der Waals surface area contributed by atoms with Gasteiger partial charge in [0.2, 0.25) is 0 Å². The molecular formula is C13H16N2O3. The van der Waals surface area contributed by atoms with Crippen LogP contribution in [0.2, 0.25) is 0 Å². The maximum atomic E-state index is 10.4. The van der Waals surface area contributed by atoms with Crippen molar-refractivity contribution in [2.24, 2.45) is 10.9 Å². The molecule has 1 aromatic rings. The van der Waals surface area contributed by atoms with Crippen molar-refractivity contribution in [3.05, 3.63) is 46.5 Å². The molecule has 5 nitrogen and oxygen atoms in total. The summed E-state index contributed by atoms with van der Waals surface area (Å²) >= 11 is 0. The summed E-state index contributed by atoms with van der Waals surface area (Å²) in [5.41, 5.74) is 9.18. The van der Waals surface area contributed by atoms with E-state index in [9.17, 15) is 4.79 Å². The molecule has 0 radical (unpaired) electrons. The summed E-state index contributed by atoms with van der Waals surface area (Å²) in [4.78, 5) is 10.4. The zero-order valence-corrected chi connectivity index (χ0v) is 10.3. The van der Waals surface area contributed by atoms with Gasteiger partial charge in [-0.25, -0.2) is 4.79 Å². The number of carboxylic acid groups (broad SMARTS) is 1. The summed E-state index contributed by atoms with van der Waals surface area (Å²) in [6.07, 6.45) is 3.26. The normalized spacial score (nSPS) is 12.0. The van der Waals surface area contributed by atoms with E-state index in [-0.39, 0.29) is 5.84 Å². The van der Waals surface area contributed by atoms with Crippen LogP contribution in [-0.2, 0) is 11.2 Å². The average molecular weight is 248 g/mol. The molecule has 0 amide bonds. The number of amidine groups is 1. The van der Waals surface area contributed by atoms with Crippen molar-refractivity contribution in [2.45, 2.75) is 20.3 Å². The summed E-state index contributed by atoms with van der Waals surface area (Å²) in [7, 11) is 0. The van der Waals surface area contributed by atoms with Crippen LogP contribution in [0.25, 0.3) is 0 Å². The van der Waals surface area contributed by atoms with Gasteiger partial charge in [0.15, 0.2) is 5.84 Å². The third-order valence-corrected chi connectivity index (χ3v) is 2.68. The first-order valence-electron chi connectivity index (χ1n) is 5.43. The molecule has 0 aromatic heterocycles. The summed E-state index contributed by atoms with van der Waals surface area (Å²) in [6, 6.07) is 3.62. The Morgan fingerprint density at radius 3 is 2.39 bits per heavy atom. The molecule has 0 aliphatic carbocycles. The van der Waals surface area contributed by atoms with Crippen LogP contribution >= 0.6 is 0 Å². The second-order valence-electron chi connectivity index (χ2n) is 4.02. The highest BCUT2D eigenvalue weighted by molar-refractivity contribution is 5.97. The quantitative estimate of drug-likeness (QED) is 0.248. The number of benzene rings is 1. The van der Waals surface area contributed by atoms with E-state index in [1.807, 2.05) is 26.0 Å². The lowest BCUT2D eigenvalue weighted by molar-refractivity contribution is -0.131. The number of nitrogens with two attached hydrogens (primary N) is 1. The van der Waals surface area contributed by atoms with Gasteiger partial charge in [-0.05, 0) is 49.1 Å². The number of allylic oxidation sites excluding steroid dienone is 1. The number of hydrogen-bond acceptors (Lipinski definition) is 3. The topological polar surface area (TPSA) is 95.9 Å². The number of carbonyl (C=O) groups is 1. The summed E-state index contributed by atoms with van der Waals surface area (Å²) in [5.74, 6) is -0.896. The molecule has 0 unspecified atom stereocenters. The smallest absolute Gasteiger partial charge is 0.327 e. The minimum Gasteiger partial charge on any atom is -0.478 e. The Labute approximate surface area is 105 Å². The molecule has 0 saturated carbocycles. The molecule has 0 aliphatic rings. The van der Waals surface area contributed by atoms with Crippen molar-refractivity contribution in [2.75, 3.05) is 0 Å². The van der Waals surface area contributed by atoms with Crippen molar-refractivity contribution in [3.8, 4) is 0 Å². The number of hydrogen-bond donors (Lipinski definition) is 3. The molecule has 0 fully saturated rings. The number of nitrogens with zero attached hydrogens (tertiary/aromatic N) is 1. The fraction of sp³-hybridized carbons (Fsp3) is 0.231. The van der Waals surface area contributed by atoms with Gasteiger partial charge in [-0.1, -0.05) is 11.2 Å². The van der Waals surface area contributed by atoms with Crippen LogP contribution in [0, 0.1) is 13.8 Å². The lowest BCUT2D eigenvalue weighted by Crippen LogP contribution is -2.14. The summed E-state index contributed by atoms with van der Waals surface area (Å²) in [6.45, 7) is 3.82. The molecule has 4 N–H and O–H groups in total. The van der Waals surface area contributed by atoms with Crippen LogP contribution in [0.4, 0.5) is 0 Å². The predicted molar refractivity (Wildman–Crippen MR) is 68.9 cm³/mol.